The molecule has 1 atom stereocenters. The van der Waals surface area contributed by atoms with E-state index in [1.54, 1.807) is 6.92 Å². The van der Waals surface area contributed by atoms with Crippen LogP contribution in [0.25, 0.3) is 11.5 Å². The molecule has 0 amide bonds. The molecule has 0 aliphatic carbocycles. The molecule has 28 heavy (non-hydrogen) atoms. The Morgan fingerprint density at radius 3 is 2.46 bits per heavy atom. The Morgan fingerprint density at radius 1 is 1.29 bits per heavy atom. The van der Waals surface area contributed by atoms with Gasteiger partial charge in [-0.2, -0.15) is 13.2 Å². The molecule has 1 aromatic carbocycles. The molecule has 6 nitrogen and oxygen atoms in total. The molecule has 3 N–H and O–H groups in total. The number of alkyl halides is 3. The molecule has 1 saturated heterocycles. The quantitative estimate of drug-likeness (QED) is 0.650. The van der Waals surface area contributed by atoms with Gasteiger partial charge in [-0.15, -0.1) is 17.5 Å². The second-order valence-corrected chi connectivity index (χ2v) is 7.07. The zero-order valence-corrected chi connectivity index (χ0v) is 16.1. The van der Waals surface area contributed by atoms with Gasteiger partial charge in [0, 0.05) is 11.6 Å². The lowest BCUT2D eigenvalue weighted by atomic mass is 9.75. The number of nitrogens with zero attached hydrogens (tertiary/aromatic N) is 1. The fraction of sp³-hybridized carbons (Fsp3) is 0.529. The number of piperidine rings is 1. The molecule has 11 heteroatoms. The van der Waals surface area contributed by atoms with Crippen molar-refractivity contribution in [2.75, 3.05) is 18.4 Å². The first-order valence-electron chi connectivity index (χ1n) is 8.54. The number of rotatable bonds is 4. The Morgan fingerprint density at radius 2 is 1.93 bits per heavy atom. The maximum Gasteiger partial charge on any atom is 0.434 e. The average Bonchev–Trinajstić information content (AvgIpc) is 3.00. The predicted molar refractivity (Wildman–Crippen MR) is 98.1 cm³/mol. The third kappa shape index (κ3) is 4.49. The van der Waals surface area contributed by atoms with Crippen molar-refractivity contribution in [1.82, 2.24) is 15.5 Å². The van der Waals surface area contributed by atoms with Gasteiger partial charge < -0.3 is 15.1 Å². The highest BCUT2D eigenvalue weighted by atomic mass is 35.5. The van der Waals surface area contributed by atoms with E-state index in [4.69, 9.17) is 4.42 Å². The van der Waals surface area contributed by atoms with Gasteiger partial charge in [0.25, 0.3) is 0 Å². The molecule has 1 aliphatic rings. The van der Waals surface area contributed by atoms with Crippen molar-refractivity contribution in [3.63, 3.8) is 0 Å². The van der Waals surface area contributed by atoms with Gasteiger partial charge in [-0.3, -0.25) is 0 Å². The summed E-state index contributed by atoms with van der Waals surface area (Å²) in [7, 11) is 0. The normalized spacial score (nSPS) is 17.6. The fourth-order valence-electron chi connectivity index (χ4n) is 3.32. The number of aromatic amines is 1. The number of benzene rings is 1. The molecular formula is C17H21ClF4N4O2. The molecule has 1 aliphatic heterocycles. The van der Waals surface area contributed by atoms with Crippen LogP contribution in [0.15, 0.2) is 21.3 Å². The number of aromatic nitrogens is 2. The summed E-state index contributed by atoms with van der Waals surface area (Å²) in [4.78, 5) is 11.1. The second kappa shape index (κ2) is 8.12. The van der Waals surface area contributed by atoms with Crippen LogP contribution < -0.4 is 16.4 Å². The van der Waals surface area contributed by atoms with Crippen LogP contribution in [0.4, 0.5) is 23.2 Å². The zero-order valence-electron chi connectivity index (χ0n) is 15.2. The van der Waals surface area contributed by atoms with Crippen molar-refractivity contribution in [1.29, 1.82) is 0 Å². The highest BCUT2D eigenvalue weighted by molar-refractivity contribution is 5.85. The summed E-state index contributed by atoms with van der Waals surface area (Å²) in [5.41, 5.74) is -2.10. The minimum atomic E-state index is -4.88. The fourth-order valence-corrected chi connectivity index (χ4v) is 3.32. The highest BCUT2D eigenvalue weighted by Crippen LogP contribution is 2.41. The third-order valence-electron chi connectivity index (χ3n) is 5.22. The number of halogens is 5. The lowest BCUT2D eigenvalue weighted by Gasteiger charge is -2.40. The second-order valence-electron chi connectivity index (χ2n) is 7.07. The van der Waals surface area contributed by atoms with Crippen LogP contribution >= 0.6 is 12.4 Å². The number of hydrogen-bond acceptors (Lipinski definition) is 5. The number of H-pyrrole nitrogens is 1. The van der Waals surface area contributed by atoms with Crippen LogP contribution in [-0.2, 0) is 6.18 Å². The monoisotopic (exact) mass is 424 g/mol. The van der Waals surface area contributed by atoms with E-state index >= 15 is 0 Å². The summed E-state index contributed by atoms with van der Waals surface area (Å²) in [6.07, 6.45) is -3.33. The van der Waals surface area contributed by atoms with Crippen LogP contribution in [0.3, 0.4) is 0 Å². The van der Waals surface area contributed by atoms with Gasteiger partial charge in [-0.1, -0.05) is 6.92 Å². The van der Waals surface area contributed by atoms with Gasteiger partial charge in [0.2, 0.25) is 5.89 Å². The maximum atomic E-state index is 14.4. The molecule has 3 rings (SSSR count). The van der Waals surface area contributed by atoms with Crippen molar-refractivity contribution in [2.24, 2.45) is 5.41 Å². The molecule has 0 radical (unpaired) electrons. The summed E-state index contributed by atoms with van der Waals surface area (Å²) in [5, 5.41) is 11.6. The van der Waals surface area contributed by atoms with Crippen molar-refractivity contribution < 1.29 is 22.0 Å². The van der Waals surface area contributed by atoms with Crippen LogP contribution in [0.2, 0.25) is 0 Å². The predicted octanol–water partition coefficient (Wildman–Crippen LogP) is 3.80. The van der Waals surface area contributed by atoms with Crippen LogP contribution in [-0.4, -0.2) is 29.3 Å². The summed E-state index contributed by atoms with van der Waals surface area (Å²) in [5.74, 6) is -2.62. The molecule has 0 bridgehead atoms. The highest BCUT2D eigenvalue weighted by Gasteiger charge is 2.40. The van der Waals surface area contributed by atoms with E-state index < -0.39 is 29.0 Å². The molecule has 0 saturated carbocycles. The van der Waals surface area contributed by atoms with E-state index in [2.05, 4.69) is 15.7 Å². The largest absolute Gasteiger partial charge is 0.434 e. The van der Waals surface area contributed by atoms with Gasteiger partial charge in [-0.05, 0) is 50.4 Å². The van der Waals surface area contributed by atoms with E-state index in [9.17, 15) is 22.4 Å². The van der Waals surface area contributed by atoms with Gasteiger partial charge in [0.05, 0.1) is 5.69 Å². The lowest BCUT2D eigenvalue weighted by molar-refractivity contribution is -0.139. The van der Waals surface area contributed by atoms with E-state index in [1.807, 2.05) is 12.0 Å². The van der Waals surface area contributed by atoms with E-state index in [0.29, 0.717) is 6.07 Å². The number of nitrogens with one attached hydrogen (secondary N) is 3. The Balaban J connectivity index is 0.00000280. The molecule has 0 unspecified atom stereocenters. The average molecular weight is 425 g/mol. The SMILES string of the molecule is C[C@H](Nc1cc(-c2n[nH]c(=O)o2)cc(F)c1C(F)(F)F)C1(C)CCNCC1.Cl. The smallest absolute Gasteiger partial charge is 0.388 e. The van der Waals surface area contributed by atoms with Crippen molar-refractivity contribution in [3.8, 4) is 11.5 Å². The Hall–Kier alpha value is -2.07. The molecule has 2 aromatic rings. The summed E-state index contributed by atoms with van der Waals surface area (Å²) < 4.78 is 59.5. The van der Waals surface area contributed by atoms with Crippen molar-refractivity contribution in [2.45, 2.75) is 38.9 Å². The van der Waals surface area contributed by atoms with Crippen molar-refractivity contribution >= 4 is 18.1 Å². The summed E-state index contributed by atoms with van der Waals surface area (Å²) in [6, 6.07) is 1.41. The van der Waals surface area contributed by atoms with Gasteiger partial charge in [0.15, 0.2) is 0 Å². The third-order valence-corrected chi connectivity index (χ3v) is 5.22. The molecule has 1 fully saturated rings. The minimum Gasteiger partial charge on any atom is -0.388 e. The first-order valence-corrected chi connectivity index (χ1v) is 8.54. The van der Waals surface area contributed by atoms with Crippen LogP contribution in [0.5, 0.6) is 0 Å². The minimum absolute atomic E-state index is 0. The first kappa shape index (κ1) is 22.2. The molecule has 2 heterocycles. The Kier molecular flexibility index (Phi) is 6.44. The first-order chi connectivity index (χ1) is 12.6. The summed E-state index contributed by atoms with van der Waals surface area (Å²) in [6.45, 7) is 5.30. The summed E-state index contributed by atoms with van der Waals surface area (Å²) >= 11 is 0. The molecule has 156 valence electrons. The van der Waals surface area contributed by atoms with E-state index in [-0.39, 0.29) is 35.3 Å². The van der Waals surface area contributed by atoms with E-state index in [1.165, 1.54) is 0 Å². The number of anilines is 1. The lowest BCUT2D eigenvalue weighted by Crippen LogP contribution is -2.44. The molecule has 0 spiro atoms. The maximum absolute atomic E-state index is 14.4. The van der Waals surface area contributed by atoms with Crippen molar-refractivity contribution in [3.05, 3.63) is 34.1 Å². The Bertz CT molecular complexity index is 875. The van der Waals surface area contributed by atoms with E-state index in [0.717, 1.165) is 32.0 Å². The van der Waals surface area contributed by atoms with Crippen LogP contribution in [0, 0.1) is 11.2 Å². The zero-order chi connectivity index (χ0) is 19.8. The van der Waals surface area contributed by atoms with Gasteiger partial charge >= 0.3 is 11.9 Å². The Labute approximate surface area is 164 Å². The van der Waals surface area contributed by atoms with Gasteiger partial charge in [0.1, 0.15) is 11.4 Å². The number of hydrogen-bond donors (Lipinski definition) is 3. The molecule has 1 aromatic heterocycles. The topological polar surface area (TPSA) is 83.0 Å². The van der Waals surface area contributed by atoms with Crippen LogP contribution in [0.1, 0.15) is 32.3 Å². The van der Waals surface area contributed by atoms with Gasteiger partial charge in [-0.25, -0.2) is 14.3 Å². The standard InChI is InChI=1S/C17H20F4N4O2.ClH/c1-9(16(2)3-5-22-6-4-16)23-12-8-10(14-24-25-15(26)27-14)7-11(18)13(12)17(19,20)21;/h7-9,22-23H,3-6H2,1-2H3,(H,25,26);1H/t9-;/m0./s1. The molecular weight excluding hydrogens is 404 g/mol.